The average Bonchev–Trinajstić information content (AvgIpc) is 2.78. The first-order valence-electron chi connectivity index (χ1n) is 7.45. The minimum atomic E-state index is 0.139. The van der Waals surface area contributed by atoms with Crippen LogP contribution in [0.15, 0.2) is 42.5 Å². The zero-order valence-corrected chi connectivity index (χ0v) is 12.9. The lowest BCUT2D eigenvalue weighted by Gasteiger charge is -2.20. The Morgan fingerprint density at radius 1 is 1.10 bits per heavy atom. The molecule has 1 aliphatic rings. The summed E-state index contributed by atoms with van der Waals surface area (Å²) in [6.07, 6.45) is 0.953. The standard InChI is InChI=1S/C18H23N3/c1-12-10-13(21(2)3)8-9-17(12)20-18-11-16(19)14-6-4-5-7-15(14)18/h4-10,16,18,20H,11,19H2,1-3H3. The molecule has 3 nitrogen and oxygen atoms in total. The lowest BCUT2D eigenvalue weighted by molar-refractivity contribution is 0.648. The van der Waals surface area contributed by atoms with Crippen LogP contribution in [0.3, 0.4) is 0 Å². The lowest BCUT2D eigenvalue weighted by atomic mass is 10.1. The third-order valence-electron chi connectivity index (χ3n) is 4.32. The van der Waals surface area contributed by atoms with E-state index in [1.54, 1.807) is 0 Å². The Balaban J connectivity index is 1.85. The summed E-state index contributed by atoms with van der Waals surface area (Å²) in [7, 11) is 4.13. The first-order chi connectivity index (χ1) is 10.1. The van der Waals surface area contributed by atoms with Gasteiger partial charge in [0, 0.05) is 31.5 Å². The quantitative estimate of drug-likeness (QED) is 0.903. The summed E-state index contributed by atoms with van der Waals surface area (Å²) in [5.74, 6) is 0. The second kappa shape index (κ2) is 5.41. The number of hydrogen-bond acceptors (Lipinski definition) is 3. The molecule has 3 heteroatoms. The molecule has 0 saturated heterocycles. The van der Waals surface area contributed by atoms with Gasteiger partial charge in [-0.1, -0.05) is 24.3 Å². The summed E-state index contributed by atoms with van der Waals surface area (Å²) < 4.78 is 0. The van der Waals surface area contributed by atoms with Crippen LogP contribution in [0.2, 0.25) is 0 Å². The Kier molecular flexibility index (Phi) is 3.60. The van der Waals surface area contributed by atoms with Crippen molar-refractivity contribution in [3.05, 3.63) is 59.2 Å². The number of anilines is 2. The zero-order chi connectivity index (χ0) is 15.0. The predicted octanol–water partition coefficient (Wildman–Crippen LogP) is 3.62. The van der Waals surface area contributed by atoms with Crippen LogP contribution in [0.25, 0.3) is 0 Å². The molecule has 0 aromatic heterocycles. The molecule has 0 saturated carbocycles. The highest BCUT2D eigenvalue weighted by atomic mass is 15.1. The molecule has 3 rings (SSSR count). The van der Waals surface area contributed by atoms with Crippen molar-refractivity contribution in [2.75, 3.05) is 24.3 Å². The van der Waals surface area contributed by atoms with Crippen molar-refractivity contribution >= 4 is 11.4 Å². The molecular formula is C18H23N3. The Hall–Kier alpha value is -2.00. The van der Waals surface area contributed by atoms with Gasteiger partial charge in [-0.2, -0.15) is 0 Å². The topological polar surface area (TPSA) is 41.3 Å². The first-order valence-corrected chi connectivity index (χ1v) is 7.45. The van der Waals surface area contributed by atoms with Crippen molar-refractivity contribution in [1.29, 1.82) is 0 Å². The van der Waals surface area contributed by atoms with Gasteiger partial charge in [-0.25, -0.2) is 0 Å². The van der Waals surface area contributed by atoms with Crippen molar-refractivity contribution in [2.24, 2.45) is 5.73 Å². The maximum absolute atomic E-state index is 6.25. The maximum atomic E-state index is 6.25. The fourth-order valence-electron chi connectivity index (χ4n) is 3.09. The number of aryl methyl sites for hydroxylation is 1. The van der Waals surface area contributed by atoms with Gasteiger partial charge in [-0.15, -0.1) is 0 Å². The molecular weight excluding hydrogens is 258 g/mol. The van der Waals surface area contributed by atoms with Crippen molar-refractivity contribution in [3.8, 4) is 0 Å². The first kappa shape index (κ1) is 14.0. The Labute approximate surface area is 126 Å². The second-order valence-corrected chi connectivity index (χ2v) is 6.06. The van der Waals surface area contributed by atoms with Gasteiger partial charge in [0.25, 0.3) is 0 Å². The Morgan fingerprint density at radius 2 is 1.81 bits per heavy atom. The van der Waals surface area contributed by atoms with Crippen LogP contribution in [0.4, 0.5) is 11.4 Å². The summed E-state index contributed by atoms with van der Waals surface area (Å²) in [6.45, 7) is 2.15. The molecule has 110 valence electrons. The third-order valence-corrected chi connectivity index (χ3v) is 4.32. The second-order valence-electron chi connectivity index (χ2n) is 6.06. The molecule has 0 spiro atoms. The number of benzene rings is 2. The summed E-state index contributed by atoms with van der Waals surface area (Å²) in [4.78, 5) is 2.12. The molecule has 0 fully saturated rings. The van der Waals surface area contributed by atoms with E-state index in [1.807, 2.05) is 0 Å². The molecule has 2 aromatic carbocycles. The van der Waals surface area contributed by atoms with Gasteiger partial charge in [0.05, 0.1) is 6.04 Å². The Morgan fingerprint density at radius 3 is 2.48 bits per heavy atom. The highest BCUT2D eigenvalue weighted by Gasteiger charge is 2.28. The van der Waals surface area contributed by atoms with Crippen LogP contribution in [-0.4, -0.2) is 14.1 Å². The van der Waals surface area contributed by atoms with Gasteiger partial charge >= 0.3 is 0 Å². The van der Waals surface area contributed by atoms with E-state index >= 15 is 0 Å². The molecule has 0 bridgehead atoms. The summed E-state index contributed by atoms with van der Waals surface area (Å²) in [6, 6.07) is 15.5. The molecule has 3 N–H and O–H groups in total. The predicted molar refractivity (Wildman–Crippen MR) is 89.9 cm³/mol. The minimum absolute atomic E-state index is 0.139. The van der Waals surface area contributed by atoms with Crippen molar-refractivity contribution in [2.45, 2.75) is 25.4 Å². The van der Waals surface area contributed by atoms with Crippen LogP contribution >= 0.6 is 0 Å². The molecule has 0 heterocycles. The third kappa shape index (κ3) is 2.61. The number of rotatable bonds is 3. The van der Waals surface area contributed by atoms with Crippen LogP contribution in [0, 0.1) is 6.92 Å². The van der Waals surface area contributed by atoms with E-state index in [0.29, 0.717) is 6.04 Å². The van der Waals surface area contributed by atoms with Crippen molar-refractivity contribution in [3.63, 3.8) is 0 Å². The van der Waals surface area contributed by atoms with E-state index in [0.717, 1.165) is 6.42 Å². The number of nitrogens with zero attached hydrogens (tertiary/aromatic N) is 1. The van der Waals surface area contributed by atoms with Gasteiger partial charge in [0.15, 0.2) is 0 Å². The molecule has 2 unspecified atom stereocenters. The molecule has 2 atom stereocenters. The van der Waals surface area contributed by atoms with E-state index in [4.69, 9.17) is 5.73 Å². The van der Waals surface area contributed by atoms with E-state index in [1.165, 1.54) is 28.1 Å². The minimum Gasteiger partial charge on any atom is -0.378 e. The molecule has 0 radical (unpaired) electrons. The van der Waals surface area contributed by atoms with E-state index < -0.39 is 0 Å². The summed E-state index contributed by atoms with van der Waals surface area (Å²) in [5.41, 5.74) is 12.5. The van der Waals surface area contributed by atoms with Crippen LogP contribution < -0.4 is 16.0 Å². The van der Waals surface area contributed by atoms with Gasteiger partial charge in [-0.05, 0) is 48.2 Å². The van der Waals surface area contributed by atoms with Gasteiger partial charge in [-0.3, -0.25) is 0 Å². The monoisotopic (exact) mass is 281 g/mol. The molecule has 1 aliphatic carbocycles. The van der Waals surface area contributed by atoms with E-state index in [9.17, 15) is 0 Å². The van der Waals surface area contributed by atoms with Crippen molar-refractivity contribution < 1.29 is 0 Å². The van der Waals surface area contributed by atoms with E-state index in [-0.39, 0.29) is 6.04 Å². The van der Waals surface area contributed by atoms with E-state index in [2.05, 4.69) is 73.7 Å². The largest absolute Gasteiger partial charge is 0.378 e. The molecule has 0 amide bonds. The van der Waals surface area contributed by atoms with Crippen molar-refractivity contribution in [1.82, 2.24) is 0 Å². The fraction of sp³-hybridized carbons (Fsp3) is 0.333. The van der Waals surface area contributed by atoms with Crippen LogP contribution in [-0.2, 0) is 0 Å². The smallest absolute Gasteiger partial charge is 0.0535 e. The summed E-state index contributed by atoms with van der Waals surface area (Å²) in [5, 5.41) is 3.66. The van der Waals surface area contributed by atoms with Crippen LogP contribution in [0.5, 0.6) is 0 Å². The maximum Gasteiger partial charge on any atom is 0.0535 e. The number of nitrogens with one attached hydrogen (secondary N) is 1. The summed E-state index contributed by atoms with van der Waals surface area (Å²) >= 11 is 0. The van der Waals surface area contributed by atoms with Gasteiger partial charge < -0.3 is 16.0 Å². The zero-order valence-electron chi connectivity index (χ0n) is 12.9. The average molecular weight is 281 g/mol. The normalized spacial score (nSPS) is 20.2. The fourth-order valence-corrected chi connectivity index (χ4v) is 3.09. The highest BCUT2D eigenvalue weighted by molar-refractivity contribution is 5.61. The number of nitrogens with two attached hydrogens (primary N) is 1. The molecule has 2 aromatic rings. The lowest BCUT2D eigenvalue weighted by Crippen LogP contribution is -2.12. The van der Waals surface area contributed by atoms with Gasteiger partial charge in [0.1, 0.15) is 0 Å². The number of hydrogen-bond donors (Lipinski definition) is 2. The Bertz CT molecular complexity index is 649. The number of fused-ring (bicyclic) bond motifs is 1. The molecule has 0 aliphatic heterocycles. The highest BCUT2D eigenvalue weighted by Crippen LogP contribution is 2.39. The van der Waals surface area contributed by atoms with Crippen LogP contribution in [0.1, 0.15) is 35.2 Å². The van der Waals surface area contributed by atoms with Gasteiger partial charge in [0.2, 0.25) is 0 Å². The SMILES string of the molecule is Cc1cc(N(C)C)ccc1NC1CC(N)c2ccccc21. The molecule has 21 heavy (non-hydrogen) atoms.